The monoisotopic (exact) mass is 197 g/mol. The van der Waals surface area contributed by atoms with Gasteiger partial charge in [-0.25, -0.2) is 0 Å². The molecule has 0 aliphatic carbocycles. The molecule has 0 unspecified atom stereocenters. The lowest BCUT2D eigenvalue weighted by molar-refractivity contribution is -0.0992. The average Bonchev–Trinajstić information content (AvgIpc) is 2.49. The predicted octanol–water partition coefficient (Wildman–Crippen LogP) is -0.664. The number of ether oxygens (including phenoxy) is 1. The van der Waals surface area contributed by atoms with Crippen molar-refractivity contribution >= 4 is 0 Å². The van der Waals surface area contributed by atoms with E-state index in [2.05, 4.69) is 27.7 Å². The topological polar surface area (TPSA) is 64.9 Å². The zero-order valence-electron chi connectivity index (χ0n) is 8.53. The van der Waals surface area contributed by atoms with Crippen LogP contribution in [0.15, 0.2) is 0 Å². The van der Waals surface area contributed by atoms with E-state index in [1.54, 1.807) is 7.05 Å². The van der Waals surface area contributed by atoms with Gasteiger partial charge < -0.3 is 10.1 Å². The van der Waals surface area contributed by atoms with Gasteiger partial charge in [0.25, 0.3) is 0 Å². The molecular weight excluding hydrogens is 182 g/mol. The van der Waals surface area contributed by atoms with Crippen LogP contribution in [-0.4, -0.2) is 40.0 Å². The van der Waals surface area contributed by atoms with Crippen LogP contribution in [-0.2, 0) is 18.3 Å². The van der Waals surface area contributed by atoms with Crippen molar-refractivity contribution in [2.75, 3.05) is 19.8 Å². The Bertz CT molecular complexity index is 306. The normalized spacial score (nSPS) is 19.3. The Kier molecular flexibility index (Phi) is 2.47. The van der Waals surface area contributed by atoms with Gasteiger partial charge in [0, 0.05) is 12.0 Å². The molecule has 1 aromatic heterocycles. The van der Waals surface area contributed by atoms with Gasteiger partial charge in [0.1, 0.15) is 0 Å². The zero-order valence-corrected chi connectivity index (χ0v) is 8.53. The maximum absolute atomic E-state index is 5.16. The Morgan fingerprint density at radius 1 is 1.57 bits per heavy atom. The minimum atomic E-state index is 0.294. The second-order valence-electron chi connectivity index (χ2n) is 4.10. The molecule has 1 aliphatic heterocycles. The highest BCUT2D eigenvalue weighted by molar-refractivity contribution is 4.84. The SMILES string of the molecule is Cn1nnc(CNCC2(C)COC2)n1. The van der Waals surface area contributed by atoms with Gasteiger partial charge in [-0.05, 0) is 5.21 Å². The molecule has 0 radical (unpaired) electrons. The van der Waals surface area contributed by atoms with Crippen LogP contribution in [0.5, 0.6) is 0 Å². The summed E-state index contributed by atoms with van der Waals surface area (Å²) >= 11 is 0. The van der Waals surface area contributed by atoms with Crippen molar-refractivity contribution in [3.63, 3.8) is 0 Å². The third kappa shape index (κ3) is 2.08. The third-order valence-electron chi connectivity index (χ3n) is 2.29. The van der Waals surface area contributed by atoms with Crippen LogP contribution in [0, 0.1) is 5.41 Å². The van der Waals surface area contributed by atoms with Crippen molar-refractivity contribution in [2.24, 2.45) is 12.5 Å². The molecular formula is C8H15N5O. The number of hydrogen-bond donors (Lipinski definition) is 1. The van der Waals surface area contributed by atoms with Crippen LogP contribution < -0.4 is 5.32 Å². The van der Waals surface area contributed by atoms with Gasteiger partial charge in [-0.2, -0.15) is 4.80 Å². The van der Waals surface area contributed by atoms with E-state index in [-0.39, 0.29) is 0 Å². The Balaban J connectivity index is 1.72. The molecule has 2 heterocycles. The molecule has 14 heavy (non-hydrogen) atoms. The molecule has 0 aromatic carbocycles. The first-order valence-corrected chi connectivity index (χ1v) is 4.69. The third-order valence-corrected chi connectivity index (χ3v) is 2.29. The fraction of sp³-hybridized carbons (Fsp3) is 0.875. The Morgan fingerprint density at radius 2 is 2.36 bits per heavy atom. The van der Waals surface area contributed by atoms with Crippen LogP contribution >= 0.6 is 0 Å². The van der Waals surface area contributed by atoms with Gasteiger partial charge in [-0.1, -0.05) is 6.92 Å². The van der Waals surface area contributed by atoms with Gasteiger partial charge in [-0.3, -0.25) is 0 Å². The number of tetrazole rings is 1. The molecule has 0 saturated carbocycles. The fourth-order valence-electron chi connectivity index (χ4n) is 1.42. The number of hydrogen-bond acceptors (Lipinski definition) is 5. The van der Waals surface area contributed by atoms with Gasteiger partial charge in [0.2, 0.25) is 0 Å². The smallest absolute Gasteiger partial charge is 0.188 e. The predicted molar refractivity (Wildman–Crippen MR) is 49.4 cm³/mol. The van der Waals surface area contributed by atoms with Crippen LogP contribution in [0.4, 0.5) is 0 Å². The Hall–Kier alpha value is -1.01. The summed E-state index contributed by atoms with van der Waals surface area (Å²) in [6.45, 7) is 5.49. The van der Waals surface area contributed by atoms with E-state index in [0.717, 1.165) is 25.6 Å². The Morgan fingerprint density at radius 3 is 2.86 bits per heavy atom. The second kappa shape index (κ2) is 3.62. The van der Waals surface area contributed by atoms with Gasteiger partial charge in [-0.15, -0.1) is 10.2 Å². The maximum atomic E-state index is 5.16. The lowest BCUT2D eigenvalue weighted by Gasteiger charge is -2.38. The van der Waals surface area contributed by atoms with Gasteiger partial charge in [0.15, 0.2) is 5.82 Å². The fourth-order valence-corrected chi connectivity index (χ4v) is 1.42. The van der Waals surface area contributed by atoms with Gasteiger partial charge in [0.05, 0.1) is 26.8 Å². The summed E-state index contributed by atoms with van der Waals surface area (Å²) in [5.74, 6) is 0.733. The van der Waals surface area contributed by atoms with E-state index in [1.165, 1.54) is 4.80 Å². The minimum absolute atomic E-state index is 0.294. The maximum Gasteiger partial charge on any atom is 0.188 e. The number of nitrogens with one attached hydrogen (secondary N) is 1. The summed E-state index contributed by atoms with van der Waals surface area (Å²) in [5.41, 5.74) is 0.294. The lowest BCUT2D eigenvalue weighted by atomic mass is 9.89. The highest BCUT2D eigenvalue weighted by Gasteiger charge is 2.32. The zero-order chi connectivity index (χ0) is 10.0. The quantitative estimate of drug-likeness (QED) is 0.694. The summed E-state index contributed by atoms with van der Waals surface area (Å²) in [4.78, 5) is 1.46. The largest absolute Gasteiger partial charge is 0.380 e. The van der Waals surface area contributed by atoms with E-state index in [1.807, 2.05) is 0 Å². The molecule has 1 aliphatic rings. The highest BCUT2D eigenvalue weighted by Crippen LogP contribution is 2.24. The van der Waals surface area contributed by atoms with Crippen LogP contribution in [0.2, 0.25) is 0 Å². The van der Waals surface area contributed by atoms with E-state index in [9.17, 15) is 0 Å². The molecule has 0 atom stereocenters. The molecule has 1 N–H and O–H groups in total. The van der Waals surface area contributed by atoms with Crippen LogP contribution in [0.3, 0.4) is 0 Å². The standard InChI is InChI=1S/C8H15N5O/c1-8(5-14-6-8)4-9-3-7-10-12-13(2)11-7/h9H,3-6H2,1-2H3. The summed E-state index contributed by atoms with van der Waals surface area (Å²) < 4.78 is 5.16. The van der Waals surface area contributed by atoms with Crippen molar-refractivity contribution < 1.29 is 4.74 Å². The van der Waals surface area contributed by atoms with Crippen molar-refractivity contribution in [2.45, 2.75) is 13.5 Å². The number of rotatable bonds is 4. The first-order valence-electron chi connectivity index (χ1n) is 4.69. The number of nitrogens with zero attached hydrogens (tertiary/aromatic N) is 4. The van der Waals surface area contributed by atoms with E-state index in [0.29, 0.717) is 12.0 Å². The molecule has 1 aromatic rings. The summed E-state index contributed by atoms with van der Waals surface area (Å²) in [6, 6.07) is 0. The van der Waals surface area contributed by atoms with Gasteiger partial charge >= 0.3 is 0 Å². The molecule has 0 amide bonds. The number of aryl methyl sites for hydroxylation is 1. The summed E-state index contributed by atoms with van der Waals surface area (Å²) in [6.07, 6.45) is 0. The second-order valence-corrected chi connectivity index (χ2v) is 4.10. The van der Waals surface area contributed by atoms with Crippen molar-refractivity contribution in [1.29, 1.82) is 0 Å². The average molecular weight is 197 g/mol. The minimum Gasteiger partial charge on any atom is -0.380 e. The summed E-state index contributed by atoms with van der Waals surface area (Å²) in [7, 11) is 1.76. The molecule has 0 spiro atoms. The van der Waals surface area contributed by atoms with E-state index < -0.39 is 0 Å². The van der Waals surface area contributed by atoms with Crippen LogP contribution in [0.1, 0.15) is 12.7 Å². The van der Waals surface area contributed by atoms with Crippen molar-refractivity contribution in [3.05, 3.63) is 5.82 Å². The van der Waals surface area contributed by atoms with Crippen molar-refractivity contribution in [1.82, 2.24) is 25.5 Å². The molecule has 1 saturated heterocycles. The molecule has 0 bridgehead atoms. The van der Waals surface area contributed by atoms with Crippen LogP contribution in [0.25, 0.3) is 0 Å². The molecule has 6 nitrogen and oxygen atoms in total. The van der Waals surface area contributed by atoms with E-state index in [4.69, 9.17) is 4.74 Å². The Labute approximate surface area is 82.6 Å². The number of aromatic nitrogens is 4. The molecule has 78 valence electrons. The molecule has 2 rings (SSSR count). The van der Waals surface area contributed by atoms with E-state index >= 15 is 0 Å². The first kappa shape index (κ1) is 9.54. The van der Waals surface area contributed by atoms with Crippen molar-refractivity contribution in [3.8, 4) is 0 Å². The molecule has 6 heteroatoms. The first-order chi connectivity index (χ1) is 6.68. The molecule has 1 fully saturated rings. The highest BCUT2D eigenvalue weighted by atomic mass is 16.5. The summed E-state index contributed by atoms with van der Waals surface area (Å²) in [5, 5.41) is 15.0. The lowest BCUT2D eigenvalue weighted by Crippen LogP contribution is -2.47.